The van der Waals surface area contributed by atoms with E-state index in [4.69, 9.17) is 9.47 Å². The molecular weight excluding hydrogens is 259 g/mol. The van der Waals surface area contributed by atoms with Crippen LogP contribution in [0.3, 0.4) is 0 Å². The molecule has 1 aromatic rings. The summed E-state index contributed by atoms with van der Waals surface area (Å²) in [6.45, 7) is -4.12. The number of benzene rings is 1. The van der Waals surface area contributed by atoms with E-state index in [-0.39, 0.29) is 63.2 Å². The summed E-state index contributed by atoms with van der Waals surface area (Å²) >= 11 is 0. The Morgan fingerprint density at radius 3 is 2.53 bits per heavy atom. The number of para-hydroxylation sites is 1. The minimum atomic E-state index is -5.03. The standard InChI is InChI=1S/C10H11BF3O2.K/c12-11(13,14)9-3-1-2-4-10(9)16-8-5-6-15-7-8;/h1-4,8H,5-7H2;/q-1;+1. The summed E-state index contributed by atoms with van der Waals surface area (Å²) in [6, 6.07) is 5.30. The van der Waals surface area contributed by atoms with Gasteiger partial charge in [0.05, 0.1) is 19.0 Å². The third-order valence-corrected chi connectivity index (χ3v) is 2.45. The van der Waals surface area contributed by atoms with Crippen molar-refractivity contribution in [1.29, 1.82) is 0 Å². The van der Waals surface area contributed by atoms with Crippen molar-refractivity contribution >= 4 is 12.4 Å². The normalized spacial score (nSPS) is 19.8. The van der Waals surface area contributed by atoms with Crippen molar-refractivity contribution < 1.29 is 73.8 Å². The fourth-order valence-electron chi connectivity index (χ4n) is 1.64. The Morgan fingerprint density at radius 1 is 1.24 bits per heavy atom. The fourth-order valence-corrected chi connectivity index (χ4v) is 1.64. The largest absolute Gasteiger partial charge is 1.00 e. The maximum Gasteiger partial charge on any atom is 1.00 e. The second-order valence-electron chi connectivity index (χ2n) is 3.72. The van der Waals surface area contributed by atoms with Gasteiger partial charge in [0.1, 0.15) is 6.10 Å². The summed E-state index contributed by atoms with van der Waals surface area (Å²) in [4.78, 5) is 0. The molecule has 0 saturated carbocycles. The first-order valence-corrected chi connectivity index (χ1v) is 5.10. The Kier molecular flexibility index (Phi) is 6.01. The topological polar surface area (TPSA) is 18.5 Å². The molecule has 0 aromatic heterocycles. The molecule has 1 aliphatic rings. The summed E-state index contributed by atoms with van der Waals surface area (Å²) in [5.41, 5.74) is -0.672. The first-order chi connectivity index (χ1) is 7.57. The van der Waals surface area contributed by atoms with E-state index in [1.807, 2.05) is 0 Å². The molecule has 88 valence electrons. The molecule has 1 aliphatic heterocycles. The van der Waals surface area contributed by atoms with Crippen molar-refractivity contribution in [3.63, 3.8) is 0 Å². The zero-order valence-electron chi connectivity index (χ0n) is 9.54. The molecule has 17 heavy (non-hydrogen) atoms. The zero-order valence-corrected chi connectivity index (χ0v) is 12.7. The monoisotopic (exact) mass is 270 g/mol. The molecule has 2 rings (SSSR count). The summed E-state index contributed by atoms with van der Waals surface area (Å²) in [6.07, 6.45) is 0.374. The SMILES string of the molecule is F[B-](F)(F)c1ccccc1OC1CCOC1.[K+]. The van der Waals surface area contributed by atoms with E-state index >= 15 is 0 Å². The van der Waals surface area contributed by atoms with Crippen molar-refractivity contribution in [3.8, 4) is 5.75 Å². The predicted molar refractivity (Wildman–Crippen MR) is 55.0 cm³/mol. The van der Waals surface area contributed by atoms with Crippen LogP contribution in [0.5, 0.6) is 5.75 Å². The molecule has 1 unspecified atom stereocenters. The molecule has 0 bridgehead atoms. The van der Waals surface area contributed by atoms with Crippen LogP contribution in [0.25, 0.3) is 0 Å². The van der Waals surface area contributed by atoms with Gasteiger partial charge in [-0.2, -0.15) is 0 Å². The van der Waals surface area contributed by atoms with Gasteiger partial charge in [-0.15, -0.1) is 0 Å². The Bertz CT molecular complexity index is 367. The minimum Gasteiger partial charge on any atom is -0.491 e. The molecule has 0 radical (unpaired) electrons. The van der Waals surface area contributed by atoms with Gasteiger partial charge in [-0.1, -0.05) is 23.7 Å². The van der Waals surface area contributed by atoms with Crippen LogP contribution in [-0.2, 0) is 4.74 Å². The number of rotatable bonds is 3. The average Bonchev–Trinajstić information content (AvgIpc) is 2.70. The molecule has 1 aromatic carbocycles. The van der Waals surface area contributed by atoms with Crippen molar-refractivity contribution in [3.05, 3.63) is 24.3 Å². The van der Waals surface area contributed by atoms with Gasteiger partial charge in [0, 0.05) is 6.42 Å². The second-order valence-corrected chi connectivity index (χ2v) is 3.72. The van der Waals surface area contributed by atoms with Gasteiger partial charge in [-0.05, 0) is 6.07 Å². The molecule has 7 heteroatoms. The average molecular weight is 270 g/mol. The fraction of sp³-hybridized carbons (Fsp3) is 0.400. The van der Waals surface area contributed by atoms with Crippen LogP contribution < -0.4 is 61.6 Å². The maximum absolute atomic E-state index is 12.7. The number of halogens is 3. The first kappa shape index (κ1) is 15.5. The number of ether oxygens (including phenoxy) is 2. The quantitative estimate of drug-likeness (QED) is 0.650. The molecule has 0 aliphatic carbocycles. The van der Waals surface area contributed by atoms with Gasteiger partial charge < -0.3 is 22.4 Å². The third-order valence-electron chi connectivity index (χ3n) is 2.45. The van der Waals surface area contributed by atoms with Gasteiger partial charge in [0.25, 0.3) is 0 Å². The Balaban J connectivity index is 0.00000144. The Labute approximate surface area is 140 Å². The maximum atomic E-state index is 12.7. The van der Waals surface area contributed by atoms with E-state index in [0.717, 1.165) is 6.07 Å². The molecular formula is C10H11BF3KO2. The summed E-state index contributed by atoms with van der Waals surface area (Å²) in [5, 5.41) is 0. The van der Waals surface area contributed by atoms with E-state index < -0.39 is 12.4 Å². The minimum absolute atomic E-state index is 0. The van der Waals surface area contributed by atoms with Crippen molar-refractivity contribution in [2.45, 2.75) is 12.5 Å². The van der Waals surface area contributed by atoms with E-state index in [1.54, 1.807) is 0 Å². The van der Waals surface area contributed by atoms with Crippen molar-refractivity contribution in [1.82, 2.24) is 0 Å². The summed E-state index contributed by atoms with van der Waals surface area (Å²) in [7, 11) is 0. The molecule has 1 fully saturated rings. The van der Waals surface area contributed by atoms with Crippen molar-refractivity contribution in [2.24, 2.45) is 0 Å². The van der Waals surface area contributed by atoms with Gasteiger partial charge >= 0.3 is 58.4 Å². The van der Waals surface area contributed by atoms with E-state index in [9.17, 15) is 12.9 Å². The van der Waals surface area contributed by atoms with Gasteiger partial charge in [0.2, 0.25) is 0 Å². The van der Waals surface area contributed by atoms with Gasteiger partial charge in [0.15, 0.2) is 0 Å². The van der Waals surface area contributed by atoms with E-state index in [0.29, 0.717) is 19.6 Å². The van der Waals surface area contributed by atoms with Crippen LogP contribution >= 0.6 is 0 Å². The van der Waals surface area contributed by atoms with Crippen LogP contribution in [0.15, 0.2) is 24.3 Å². The summed E-state index contributed by atoms with van der Waals surface area (Å²) < 4.78 is 48.4. The van der Waals surface area contributed by atoms with Gasteiger partial charge in [-0.3, -0.25) is 0 Å². The van der Waals surface area contributed by atoms with Crippen LogP contribution in [0, 0.1) is 0 Å². The molecule has 1 saturated heterocycles. The molecule has 0 N–H and O–H groups in total. The summed E-state index contributed by atoms with van der Waals surface area (Å²) in [5.74, 6) is -0.0921. The van der Waals surface area contributed by atoms with Crippen LogP contribution in [-0.4, -0.2) is 26.3 Å². The van der Waals surface area contributed by atoms with Crippen LogP contribution in [0.2, 0.25) is 0 Å². The Hall–Kier alpha value is 0.471. The molecule has 1 atom stereocenters. The first-order valence-electron chi connectivity index (χ1n) is 5.10. The molecule has 2 nitrogen and oxygen atoms in total. The molecule has 0 spiro atoms. The third kappa shape index (κ3) is 4.26. The number of hydrogen-bond donors (Lipinski definition) is 0. The Morgan fingerprint density at radius 2 is 1.94 bits per heavy atom. The van der Waals surface area contributed by atoms with E-state index in [1.165, 1.54) is 18.2 Å². The van der Waals surface area contributed by atoms with E-state index in [2.05, 4.69) is 0 Å². The zero-order chi connectivity index (χ0) is 11.6. The number of hydrogen-bond acceptors (Lipinski definition) is 2. The van der Waals surface area contributed by atoms with Crippen LogP contribution in [0.4, 0.5) is 12.9 Å². The van der Waals surface area contributed by atoms with Gasteiger partial charge in [-0.25, -0.2) is 0 Å². The van der Waals surface area contributed by atoms with Crippen LogP contribution in [0.1, 0.15) is 6.42 Å². The van der Waals surface area contributed by atoms with Crippen molar-refractivity contribution in [2.75, 3.05) is 13.2 Å². The second kappa shape index (κ2) is 6.58. The smallest absolute Gasteiger partial charge is 0.491 e. The molecule has 1 heterocycles. The molecule has 0 amide bonds. The predicted octanol–water partition coefficient (Wildman–Crippen LogP) is -1.09.